The van der Waals surface area contributed by atoms with E-state index in [1.807, 2.05) is 12.1 Å². The van der Waals surface area contributed by atoms with Crippen LogP contribution in [0.25, 0.3) is 21.9 Å². The summed E-state index contributed by atoms with van der Waals surface area (Å²) in [4.78, 5) is 11.3. The van der Waals surface area contributed by atoms with Crippen LogP contribution in [0.2, 0.25) is 0 Å². The summed E-state index contributed by atoms with van der Waals surface area (Å²) in [5, 5.41) is 11.3. The maximum Gasteiger partial charge on any atom is 0.335 e. The molecule has 4 aliphatic carbocycles. The van der Waals surface area contributed by atoms with Gasteiger partial charge >= 0.3 is 5.97 Å². The second-order valence-electron chi connectivity index (χ2n) is 10.2. The number of aromatic carboxylic acids is 1. The fourth-order valence-corrected chi connectivity index (χ4v) is 7.30. The number of hydrogen-bond acceptors (Lipinski definition) is 2. The van der Waals surface area contributed by atoms with Crippen LogP contribution in [0.5, 0.6) is 5.75 Å². The van der Waals surface area contributed by atoms with E-state index >= 15 is 0 Å². The molecule has 32 heavy (non-hydrogen) atoms. The summed E-state index contributed by atoms with van der Waals surface area (Å²) in [6.45, 7) is 0. The van der Waals surface area contributed by atoms with Crippen molar-refractivity contribution in [1.82, 2.24) is 0 Å². The third-order valence-electron chi connectivity index (χ3n) is 8.23. The smallest absolute Gasteiger partial charge is 0.335 e. The Bertz CT molecular complexity index is 1160. The SMILES string of the molecule is COc1ccc(-c2ccc3cc(C(=O)O)ccc3c2)cc1C12CC3CC(CC(C3)C1)C2.[Na]. The molecule has 0 heterocycles. The molecule has 3 nitrogen and oxygen atoms in total. The molecule has 0 amide bonds. The van der Waals surface area contributed by atoms with E-state index in [4.69, 9.17) is 4.74 Å². The van der Waals surface area contributed by atoms with Gasteiger partial charge in [0, 0.05) is 35.1 Å². The molecule has 0 aliphatic heterocycles. The van der Waals surface area contributed by atoms with Gasteiger partial charge in [-0.3, -0.25) is 0 Å². The molecule has 4 bridgehead atoms. The summed E-state index contributed by atoms with van der Waals surface area (Å²) in [7, 11) is 1.80. The molecule has 0 unspecified atom stereocenters. The molecule has 4 saturated carbocycles. The van der Waals surface area contributed by atoms with Crippen molar-refractivity contribution in [3.63, 3.8) is 0 Å². The van der Waals surface area contributed by atoms with Gasteiger partial charge in [-0.05, 0) is 114 Å². The molecule has 4 aliphatic rings. The number of rotatable bonds is 4. The first-order valence-electron chi connectivity index (χ1n) is 11.5. The summed E-state index contributed by atoms with van der Waals surface area (Å²) < 4.78 is 5.88. The van der Waals surface area contributed by atoms with E-state index in [9.17, 15) is 9.90 Å². The first kappa shape index (κ1) is 22.0. The Morgan fingerprint density at radius 3 is 2.03 bits per heavy atom. The van der Waals surface area contributed by atoms with Gasteiger partial charge in [0.25, 0.3) is 0 Å². The number of benzene rings is 3. The van der Waals surface area contributed by atoms with Gasteiger partial charge in [-0.15, -0.1) is 0 Å². The van der Waals surface area contributed by atoms with Crippen molar-refractivity contribution in [2.45, 2.75) is 43.9 Å². The van der Waals surface area contributed by atoms with Crippen molar-refractivity contribution in [3.8, 4) is 16.9 Å². The molecule has 159 valence electrons. The number of carboxylic acid groups (broad SMARTS) is 1. The molecule has 0 spiro atoms. The molecule has 1 N–H and O–H groups in total. The van der Waals surface area contributed by atoms with Crippen molar-refractivity contribution in [1.29, 1.82) is 0 Å². The average molecular weight is 436 g/mol. The molecule has 7 rings (SSSR count). The van der Waals surface area contributed by atoms with Gasteiger partial charge in [-0.25, -0.2) is 4.79 Å². The van der Waals surface area contributed by atoms with E-state index in [0.29, 0.717) is 5.56 Å². The van der Waals surface area contributed by atoms with E-state index in [2.05, 4.69) is 30.3 Å². The summed E-state index contributed by atoms with van der Waals surface area (Å²) in [5.41, 5.74) is 4.41. The first-order chi connectivity index (χ1) is 15.0. The van der Waals surface area contributed by atoms with Gasteiger partial charge in [0.15, 0.2) is 0 Å². The minimum atomic E-state index is -0.888. The molecule has 3 aromatic carbocycles. The van der Waals surface area contributed by atoms with Crippen LogP contribution in [0.15, 0.2) is 54.6 Å². The zero-order valence-electron chi connectivity index (χ0n) is 18.9. The van der Waals surface area contributed by atoms with Crippen LogP contribution in [0.1, 0.15) is 54.4 Å². The van der Waals surface area contributed by atoms with E-state index in [-0.39, 0.29) is 35.0 Å². The maximum absolute atomic E-state index is 11.3. The maximum atomic E-state index is 11.3. The molecule has 4 heteroatoms. The Balaban J connectivity index is 0.00000216. The van der Waals surface area contributed by atoms with Gasteiger partial charge in [0.2, 0.25) is 0 Å². The Morgan fingerprint density at radius 2 is 1.41 bits per heavy atom. The zero-order chi connectivity index (χ0) is 21.2. The molecule has 0 atom stereocenters. The molecule has 0 aromatic heterocycles. The van der Waals surface area contributed by atoms with Crippen LogP contribution < -0.4 is 4.74 Å². The largest absolute Gasteiger partial charge is 0.496 e. The Kier molecular flexibility index (Phi) is 5.64. The third kappa shape index (κ3) is 3.59. The number of methoxy groups -OCH3 is 1. The van der Waals surface area contributed by atoms with Crippen molar-refractivity contribution in [2.75, 3.05) is 7.11 Å². The predicted octanol–water partition coefficient (Wildman–Crippen LogP) is 6.30. The Hall–Kier alpha value is -1.81. The van der Waals surface area contributed by atoms with E-state index in [1.165, 1.54) is 55.2 Å². The van der Waals surface area contributed by atoms with E-state index in [0.717, 1.165) is 34.3 Å². The molecule has 4 fully saturated rings. The monoisotopic (exact) mass is 435 g/mol. The Labute approximate surface area is 211 Å². The first-order valence-corrected chi connectivity index (χ1v) is 11.5. The summed E-state index contributed by atoms with van der Waals surface area (Å²) in [6.07, 6.45) is 8.25. The van der Waals surface area contributed by atoms with Crippen molar-refractivity contribution in [2.24, 2.45) is 17.8 Å². The number of carbonyl (C=O) groups is 1. The van der Waals surface area contributed by atoms with Gasteiger partial charge in [-0.1, -0.05) is 24.3 Å². The van der Waals surface area contributed by atoms with Crippen molar-refractivity contribution in [3.05, 3.63) is 65.7 Å². The van der Waals surface area contributed by atoms with Crippen molar-refractivity contribution < 1.29 is 14.6 Å². The van der Waals surface area contributed by atoms with Gasteiger partial charge in [-0.2, -0.15) is 0 Å². The van der Waals surface area contributed by atoms with E-state index in [1.54, 1.807) is 19.2 Å². The molecule has 0 saturated heterocycles. The minimum absolute atomic E-state index is 0. The van der Waals surface area contributed by atoms with Gasteiger partial charge in [0.1, 0.15) is 5.75 Å². The molecule has 3 aromatic rings. The summed E-state index contributed by atoms with van der Waals surface area (Å²) >= 11 is 0. The predicted molar refractivity (Wildman–Crippen MR) is 128 cm³/mol. The zero-order valence-corrected chi connectivity index (χ0v) is 20.9. The van der Waals surface area contributed by atoms with Gasteiger partial charge in [0.05, 0.1) is 12.7 Å². The standard InChI is InChI=1S/C28H28O3.Na/c1-31-26-7-6-23(21-2-3-22-12-24(27(29)30)5-4-20(22)11-21)13-25(26)28-14-17-8-18(15-28)10-19(9-17)16-28;/h2-7,11-13,17-19H,8-10,14-16H2,1H3,(H,29,30);. The normalized spacial score (nSPS) is 27.8. The van der Waals surface area contributed by atoms with Crippen LogP contribution in [0.3, 0.4) is 0 Å². The fraction of sp³-hybridized carbons (Fsp3) is 0.393. The second-order valence-corrected chi connectivity index (χ2v) is 10.2. The molecular weight excluding hydrogens is 407 g/mol. The van der Waals surface area contributed by atoms with Crippen LogP contribution in [-0.2, 0) is 5.41 Å². The quantitative estimate of drug-likeness (QED) is 0.489. The van der Waals surface area contributed by atoms with Crippen LogP contribution in [0.4, 0.5) is 0 Å². The van der Waals surface area contributed by atoms with Crippen LogP contribution in [-0.4, -0.2) is 47.7 Å². The minimum Gasteiger partial charge on any atom is -0.496 e. The molecular formula is C28H28NaO3. The number of ether oxygens (including phenoxy) is 1. The fourth-order valence-electron chi connectivity index (χ4n) is 7.30. The van der Waals surface area contributed by atoms with Crippen LogP contribution >= 0.6 is 0 Å². The number of carboxylic acids is 1. The number of hydrogen-bond donors (Lipinski definition) is 1. The summed E-state index contributed by atoms with van der Waals surface area (Å²) in [6, 6.07) is 18.4. The average Bonchev–Trinajstić information content (AvgIpc) is 2.77. The topological polar surface area (TPSA) is 46.5 Å². The number of fused-ring (bicyclic) bond motifs is 1. The summed E-state index contributed by atoms with van der Waals surface area (Å²) in [5.74, 6) is 2.83. The van der Waals surface area contributed by atoms with Crippen LogP contribution in [0, 0.1) is 17.8 Å². The van der Waals surface area contributed by atoms with E-state index < -0.39 is 5.97 Å². The molecule has 1 radical (unpaired) electrons. The van der Waals surface area contributed by atoms with Gasteiger partial charge < -0.3 is 9.84 Å². The Morgan fingerprint density at radius 1 is 0.844 bits per heavy atom. The third-order valence-corrected chi connectivity index (χ3v) is 8.23. The second kappa shape index (κ2) is 8.20. The van der Waals surface area contributed by atoms with Crippen molar-refractivity contribution >= 4 is 46.3 Å².